The predicted octanol–water partition coefficient (Wildman–Crippen LogP) is 7.21. The van der Waals surface area contributed by atoms with Gasteiger partial charge in [-0.2, -0.15) is 0 Å². The average Bonchev–Trinajstić information content (AvgIpc) is 2.65. The average molecular weight is 385 g/mol. The summed E-state index contributed by atoms with van der Waals surface area (Å²) >= 11 is 5.81. The van der Waals surface area contributed by atoms with Crippen LogP contribution in [0.1, 0.15) is 20.3 Å². The number of hydrogen-bond donors (Lipinski definition) is 2. The molecule has 0 unspecified atom stereocenters. The molecule has 0 atom stereocenters. The van der Waals surface area contributed by atoms with Crippen molar-refractivity contribution >= 4 is 29.0 Å². The lowest BCUT2D eigenvalue weighted by molar-refractivity contribution is 0.262. The number of benzene rings is 3. The molecule has 0 fully saturated rings. The summed E-state index contributed by atoms with van der Waals surface area (Å²) in [5, 5.41) is 6.10. The fraction of sp³-hybridized carbons (Fsp3) is 0.136. The summed E-state index contributed by atoms with van der Waals surface area (Å²) in [5.74, 6) is -0.282. The zero-order chi connectivity index (χ0) is 19.6. The van der Waals surface area contributed by atoms with E-state index in [1.165, 1.54) is 18.6 Å². The van der Waals surface area contributed by atoms with Gasteiger partial charge in [-0.3, -0.25) is 0 Å². The summed E-state index contributed by atoms with van der Waals surface area (Å²) < 4.78 is 13.0. The molecule has 0 saturated heterocycles. The second-order valence-electron chi connectivity index (χ2n) is 5.88. The van der Waals surface area contributed by atoms with Gasteiger partial charge in [-0.15, -0.1) is 0 Å². The van der Waals surface area contributed by atoms with Crippen molar-refractivity contribution in [2.24, 2.45) is 0 Å². The minimum Gasteiger partial charge on any atom is -0.308 e. The van der Waals surface area contributed by atoms with Crippen LogP contribution in [-0.4, -0.2) is 6.03 Å². The lowest BCUT2D eigenvalue weighted by atomic mass is 10.1. The molecule has 0 aromatic heterocycles. The van der Waals surface area contributed by atoms with Crippen LogP contribution < -0.4 is 10.6 Å². The summed E-state index contributed by atoms with van der Waals surface area (Å²) in [6.07, 6.45) is 1.25. The summed E-state index contributed by atoms with van der Waals surface area (Å²) in [7, 11) is 0. The standard InChI is InChI=1S/C19H14ClFN2O.C3H8/c20-15-6-10-17(11-7-15)22-19(24)23-18-3-1-2-14(12-18)13-4-8-16(21)9-5-13;1-3-2/h1-12H,(H2,22,23,24);3H2,1-2H3. The lowest BCUT2D eigenvalue weighted by Crippen LogP contribution is -2.19. The third kappa shape index (κ3) is 6.76. The van der Waals surface area contributed by atoms with Gasteiger partial charge in [-0.25, -0.2) is 9.18 Å². The number of hydrogen-bond acceptors (Lipinski definition) is 1. The largest absolute Gasteiger partial charge is 0.323 e. The highest BCUT2D eigenvalue weighted by Gasteiger charge is 2.05. The number of anilines is 2. The maximum Gasteiger partial charge on any atom is 0.323 e. The Balaban J connectivity index is 0.000000817. The van der Waals surface area contributed by atoms with Gasteiger partial charge < -0.3 is 10.6 Å². The van der Waals surface area contributed by atoms with Crippen LogP contribution in [0.5, 0.6) is 0 Å². The number of amides is 2. The highest BCUT2D eigenvalue weighted by molar-refractivity contribution is 6.30. The van der Waals surface area contributed by atoms with E-state index in [2.05, 4.69) is 24.5 Å². The third-order valence-corrected chi connectivity index (χ3v) is 3.65. The van der Waals surface area contributed by atoms with Crippen LogP contribution in [0, 0.1) is 5.82 Å². The number of nitrogens with one attached hydrogen (secondary N) is 2. The van der Waals surface area contributed by atoms with E-state index in [4.69, 9.17) is 11.6 Å². The van der Waals surface area contributed by atoms with Crippen molar-refractivity contribution in [1.82, 2.24) is 0 Å². The molecule has 3 aromatic rings. The Labute approximate surface area is 164 Å². The van der Waals surface area contributed by atoms with Crippen LogP contribution in [0.15, 0.2) is 72.8 Å². The van der Waals surface area contributed by atoms with Crippen molar-refractivity contribution in [3.63, 3.8) is 0 Å². The molecule has 0 aliphatic rings. The SMILES string of the molecule is CCC.O=C(Nc1ccc(Cl)cc1)Nc1cccc(-c2ccc(F)cc2)c1. The van der Waals surface area contributed by atoms with E-state index in [0.29, 0.717) is 16.4 Å². The molecule has 140 valence electrons. The molecule has 0 aliphatic heterocycles. The first-order valence-corrected chi connectivity index (χ1v) is 9.09. The Morgan fingerprint density at radius 1 is 0.852 bits per heavy atom. The van der Waals surface area contributed by atoms with Crippen molar-refractivity contribution in [2.75, 3.05) is 10.6 Å². The molecule has 3 rings (SSSR count). The normalized spacial score (nSPS) is 9.78. The number of halogens is 2. The molecule has 0 saturated carbocycles. The van der Waals surface area contributed by atoms with Gasteiger partial charge in [-0.05, 0) is 59.7 Å². The first-order chi connectivity index (χ1) is 13.0. The maximum absolute atomic E-state index is 13.0. The predicted molar refractivity (Wildman–Crippen MR) is 112 cm³/mol. The van der Waals surface area contributed by atoms with E-state index in [1.54, 1.807) is 42.5 Å². The Bertz CT molecular complexity index is 864. The Hall–Kier alpha value is -2.85. The molecule has 27 heavy (non-hydrogen) atoms. The van der Waals surface area contributed by atoms with Crippen LogP contribution in [0.25, 0.3) is 11.1 Å². The fourth-order valence-corrected chi connectivity index (χ4v) is 2.37. The molecular weight excluding hydrogens is 363 g/mol. The Morgan fingerprint density at radius 2 is 1.44 bits per heavy atom. The summed E-state index contributed by atoms with van der Waals surface area (Å²) in [6, 6.07) is 20.0. The lowest BCUT2D eigenvalue weighted by Gasteiger charge is -2.09. The molecule has 3 nitrogen and oxygen atoms in total. The van der Waals surface area contributed by atoms with Crippen LogP contribution in [-0.2, 0) is 0 Å². The Kier molecular flexibility index (Phi) is 7.83. The molecule has 3 aromatic carbocycles. The van der Waals surface area contributed by atoms with Crippen molar-refractivity contribution < 1.29 is 9.18 Å². The molecule has 2 N–H and O–H groups in total. The number of urea groups is 1. The topological polar surface area (TPSA) is 41.1 Å². The number of carbonyl (C=O) groups is 1. The first kappa shape index (κ1) is 20.5. The van der Waals surface area contributed by atoms with E-state index < -0.39 is 0 Å². The van der Waals surface area contributed by atoms with E-state index in [1.807, 2.05) is 18.2 Å². The highest BCUT2D eigenvalue weighted by atomic mass is 35.5. The molecule has 5 heteroatoms. The molecular formula is C22H22ClFN2O. The van der Waals surface area contributed by atoms with Gasteiger partial charge in [0, 0.05) is 16.4 Å². The quantitative estimate of drug-likeness (QED) is 0.492. The number of carbonyl (C=O) groups excluding carboxylic acids is 1. The zero-order valence-electron chi connectivity index (χ0n) is 15.3. The van der Waals surface area contributed by atoms with Crippen LogP contribution >= 0.6 is 11.6 Å². The van der Waals surface area contributed by atoms with Crippen LogP contribution in [0.2, 0.25) is 5.02 Å². The molecule has 2 amide bonds. The van der Waals surface area contributed by atoms with E-state index in [9.17, 15) is 9.18 Å². The summed E-state index contributed by atoms with van der Waals surface area (Å²) in [5.41, 5.74) is 3.05. The smallest absolute Gasteiger partial charge is 0.308 e. The highest BCUT2D eigenvalue weighted by Crippen LogP contribution is 2.23. The van der Waals surface area contributed by atoms with E-state index in [-0.39, 0.29) is 11.8 Å². The molecule has 0 heterocycles. The van der Waals surface area contributed by atoms with Crippen LogP contribution in [0.4, 0.5) is 20.6 Å². The van der Waals surface area contributed by atoms with Crippen molar-refractivity contribution in [3.8, 4) is 11.1 Å². The minimum atomic E-state index is -0.353. The second-order valence-corrected chi connectivity index (χ2v) is 6.32. The Morgan fingerprint density at radius 3 is 2.07 bits per heavy atom. The van der Waals surface area contributed by atoms with Crippen molar-refractivity contribution in [2.45, 2.75) is 20.3 Å². The van der Waals surface area contributed by atoms with Gasteiger partial charge in [0.15, 0.2) is 0 Å². The molecule has 0 radical (unpaired) electrons. The molecule has 0 aliphatic carbocycles. The van der Waals surface area contributed by atoms with Crippen molar-refractivity contribution in [3.05, 3.63) is 83.6 Å². The summed E-state index contributed by atoms with van der Waals surface area (Å²) in [6.45, 7) is 4.25. The minimum absolute atomic E-state index is 0.282. The van der Waals surface area contributed by atoms with Gasteiger partial charge in [0.25, 0.3) is 0 Å². The number of rotatable bonds is 3. The maximum atomic E-state index is 13.0. The summed E-state index contributed by atoms with van der Waals surface area (Å²) in [4.78, 5) is 12.1. The monoisotopic (exact) mass is 384 g/mol. The third-order valence-electron chi connectivity index (χ3n) is 3.40. The van der Waals surface area contributed by atoms with Gasteiger partial charge >= 0.3 is 6.03 Å². The van der Waals surface area contributed by atoms with Crippen LogP contribution in [0.3, 0.4) is 0 Å². The van der Waals surface area contributed by atoms with Gasteiger partial charge in [-0.1, -0.05) is 56.1 Å². The second kappa shape index (κ2) is 10.3. The molecule has 0 bridgehead atoms. The van der Waals surface area contributed by atoms with E-state index in [0.717, 1.165) is 11.1 Å². The fourth-order valence-electron chi connectivity index (χ4n) is 2.25. The zero-order valence-corrected chi connectivity index (χ0v) is 16.1. The van der Waals surface area contributed by atoms with Gasteiger partial charge in [0.05, 0.1) is 0 Å². The van der Waals surface area contributed by atoms with Gasteiger partial charge in [0.2, 0.25) is 0 Å². The molecule has 0 spiro atoms. The first-order valence-electron chi connectivity index (χ1n) is 8.71. The van der Waals surface area contributed by atoms with E-state index >= 15 is 0 Å². The van der Waals surface area contributed by atoms with Crippen molar-refractivity contribution in [1.29, 1.82) is 0 Å². The van der Waals surface area contributed by atoms with Gasteiger partial charge in [0.1, 0.15) is 5.82 Å².